The Morgan fingerprint density at radius 2 is 2.25 bits per heavy atom. The lowest BCUT2D eigenvalue weighted by atomic mass is 10.4. The maximum Gasteiger partial charge on any atom is 0.357 e. The molecule has 1 aromatic rings. The molecule has 0 saturated heterocycles. The van der Waals surface area contributed by atoms with Crippen LogP contribution in [-0.2, 0) is 9.53 Å². The minimum Gasteiger partial charge on any atom is -0.461 e. The highest BCUT2D eigenvalue weighted by molar-refractivity contribution is 6.26. The lowest BCUT2D eigenvalue weighted by Crippen LogP contribution is -2.08. The number of ether oxygens (including phenoxy) is 2. The summed E-state index contributed by atoms with van der Waals surface area (Å²) in [6, 6.07) is 1.06. The maximum atomic E-state index is 13.1. The number of aromatic nitrogens is 1. The van der Waals surface area contributed by atoms with Gasteiger partial charge in [-0.2, -0.15) is 4.79 Å². The summed E-state index contributed by atoms with van der Waals surface area (Å²) in [5.41, 5.74) is -0.348. The lowest BCUT2D eigenvalue weighted by molar-refractivity contribution is -0.131. The van der Waals surface area contributed by atoms with E-state index >= 15 is 0 Å². The van der Waals surface area contributed by atoms with Crippen LogP contribution < -0.4 is 4.74 Å². The van der Waals surface area contributed by atoms with Crippen LogP contribution in [0.2, 0.25) is 0 Å². The molecule has 1 aromatic heterocycles. The van der Waals surface area contributed by atoms with E-state index in [2.05, 4.69) is 9.47 Å². The third kappa shape index (κ3) is 2.96. The molecule has 5 nitrogen and oxygen atoms in total. The second kappa shape index (κ2) is 5.50. The average Bonchev–Trinajstić information content (AvgIpc) is 2.59. The number of hydrogen-bond acceptors (Lipinski definition) is 4. The predicted octanol–water partition coefficient (Wildman–Crippen LogP) is 1.54. The number of halogens is 2. The van der Waals surface area contributed by atoms with Crippen LogP contribution in [0.4, 0.5) is 4.48 Å². The van der Waals surface area contributed by atoms with Gasteiger partial charge in [0, 0.05) is 6.07 Å². The molecule has 0 aromatic carbocycles. The molecule has 0 fully saturated rings. The maximum absolute atomic E-state index is 13.1. The van der Waals surface area contributed by atoms with Crippen molar-refractivity contribution in [2.45, 2.75) is 6.92 Å². The summed E-state index contributed by atoms with van der Waals surface area (Å²) >= 11 is 5.19. The first kappa shape index (κ1) is 12.5. The zero-order valence-corrected chi connectivity index (χ0v) is 9.16. The van der Waals surface area contributed by atoms with E-state index in [0.29, 0.717) is 0 Å². The zero-order chi connectivity index (χ0) is 12.1. The van der Waals surface area contributed by atoms with Gasteiger partial charge in [-0.15, -0.1) is 11.6 Å². The van der Waals surface area contributed by atoms with Crippen LogP contribution in [0.1, 0.15) is 17.4 Å². The van der Waals surface area contributed by atoms with Crippen molar-refractivity contribution in [2.75, 3.05) is 12.5 Å². The smallest absolute Gasteiger partial charge is 0.357 e. The molecular formula is C9H9ClFNO4. The normalized spacial score (nSPS) is 9.94. The van der Waals surface area contributed by atoms with Gasteiger partial charge in [-0.1, -0.05) is 4.48 Å². The van der Waals surface area contributed by atoms with Crippen molar-refractivity contribution in [1.29, 1.82) is 0 Å². The van der Waals surface area contributed by atoms with E-state index in [0.717, 1.165) is 12.3 Å². The Bertz CT molecular complexity index is 404. The monoisotopic (exact) mass is 249 g/mol. The average molecular weight is 250 g/mol. The van der Waals surface area contributed by atoms with Crippen LogP contribution >= 0.6 is 11.6 Å². The van der Waals surface area contributed by atoms with E-state index in [1.807, 2.05) is 0 Å². The second-order valence-electron chi connectivity index (χ2n) is 2.70. The van der Waals surface area contributed by atoms with Crippen molar-refractivity contribution in [1.82, 2.24) is 4.79 Å². The van der Waals surface area contributed by atoms with Crippen LogP contribution in [0.3, 0.4) is 0 Å². The molecule has 1 heterocycles. The molecule has 88 valence electrons. The molecule has 1 rings (SSSR count). The van der Waals surface area contributed by atoms with Crippen molar-refractivity contribution in [2.24, 2.45) is 0 Å². The first-order valence-electron chi connectivity index (χ1n) is 4.40. The molecule has 0 N–H and O–H groups in total. The quantitative estimate of drug-likeness (QED) is 0.600. The molecule has 0 spiro atoms. The number of carbonyl (C=O) groups is 2. The third-order valence-corrected chi connectivity index (χ3v) is 1.79. The minimum absolute atomic E-state index is 0.0227. The van der Waals surface area contributed by atoms with Crippen LogP contribution in [0.15, 0.2) is 12.3 Å². The molecule has 0 aliphatic rings. The number of hydrogen-bond donors (Lipinski definition) is 0. The van der Waals surface area contributed by atoms with Gasteiger partial charge in [0.1, 0.15) is 5.88 Å². The highest BCUT2D eigenvalue weighted by Crippen LogP contribution is 2.17. The summed E-state index contributed by atoms with van der Waals surface area (Å²) in [4.78, 5) is 22.0. The van der Waals surface area contributed by atoms with Crippen LogP contribution in [0.5, 0.6) is 5.75 Å². The van der Waals surface area contributed by atoms with Gasteiger partial charge < -0.3 is 9.47 Å². The summed E-state index contributed by atoms with van der Waals surface area (Å²) in [6.07, 6.45) is 0.844. The zero-order valence-electron chi connectivity index (χ0n) is 8.41. The van der Waals surface area contributed by atoms with Gasteiger partial charge >= 0.3 is 11.9 Å². The molecule has 0 saturated carbocycles. The molecule has 0 aliphatic heterocycles. The van der Waals surface area contributed by atoms with Crippen LogP contribution in [-0.4, -0.2) is 29.2 Å². The fraction of sp³-hybridized carbons (Fsp3) is 0.333. The topological polar surface area (TPSA) is 57.5 Å². The van der Waals surface area contributed by atoms with Crippen molar-refractivity contribution < 1.29 is 23.5 Å². The van der Waals surface area contributed by atoms with E-state index in [9.17, 15) is 14.1 Å². The van der Waals surface area contributed by atoms with Gasteiger partial charge in [-0.25, -0.2) is 4.79 Å². The number of esters is 2. The highest BCUT2D eigenvalue weighted by atomic mass is 35.5. The van der Waals surface area contributed by atoms with Gasteiger partial charge in [0.2, 0.25) is 0 Å². The summed E-state index contributed by atoms with van der Waals surface area (Å²) in [7, 11) is 0. The van der Waals surface area contributed by atoms with Crippen LogP contribution in [0, 0.1) is 0 Å². The van der Waals surface area contributed by atoms with Gasteiger partial charge in [-0.05, 0) is 6.92 Å². The Morgan fingerprint density at radius 1 is 1.56 bits per heavy atom. The lowest BCUT2D eigenvalue weighted by Gasteiger charge is -1.98. The van der Waals surface area contributed by atoms with Crippen molar-refractivity contribution in [3.05, 3.63) is 18.0 Å². The predicted molar refractivity (Wildman–Crippen MR) is 53.2 cm³/mol. The van der Waals surface area contributed by atoms with E-state index < -0.39 is 11.9 Å². The second-order valence-corrected chi connectivity index (χ2v) is 2.97. The summed E-state index contributed by atoms with van der Waals surface area (Å²) in [5, 5.41) is 0. The third-order valence-electron chi connectivity index (χ3n) is 1.58. The molecule has 16 heavy (non-hydrogen) atoms. The molecule has 0 atom stereocenters. The Hall–Kier alpha value is -1.56. The molecule has 0 aliphatic carbocycles. The standard InChI is InChI=1S/C9H9ClFNO4/c1-2-15-9(14)7-3-6(5-12(7)11)16-8(13)4-10/h3,5H,2,4H2,1H3. The number of carbonyl (C=O) groups excluding carboxylic acids is 2. The SMILES string of the molecule is CCOC(=O)c1cc(OC(=O)CCl)cn1F. The molecule has 7 heteroatoms. The first-order chi connectivity index (χ1) is 7.58. The number of alkyl halides is 1. The molecular weight excluding hydrogens is 241 g/mol. The van der Waals surface area contributed by atoms with E-state index in [1.165, 1.54) is 0 Å². The molecule has 0 unspecified atom stereocenters. The fourth-order valence-corrected chi connectivity index (χ4v) is 1.04. The van der Waals surface area contributed by atoms with Crippen LogP contribution in [0.25, 0.3) is 0 Å². The molecule has 0 amide bonds. The Balaban J connectivity index is 2.81. The largest absolute Gasteiger partial charge is 0.461 e. The Labute approximate surface area is 95.6 Å². The summed E-state index contributed by atoms with van der Waals surface area (Å²) in [6.45, 7) is 1.72. The van der Waals surface area contributed by atoms with E-state index in [1.54, 1.807) is 6.92 Å². The van der Waals surface area contributed by atoms with E-state index in [4.69, 9.17) is 11.6 Å². The molecule has 0 bridgehead atoms. The Kier molecular flexibility index (Phi) is 4.30. The highest BCUT2D eigenvalue weighted by Gasteiger charge is 2.17. The van der Waals surface area contributed by atoms with Gasteiger partial charge in [0.15, 0.2) is 11.4 Å². The minimum atomic E-state index is -0.835. The summed E-state index contributed by atoms with van der Waals surface area (Å²) < 4.78 is 22.3. The van der Waals surface area contributed by atoms with Crippen molar-refractivity contribution in [3.63, 3.8) is 0 Å². The molecule has 0 radical (unpaired) electrons. The first-order valence-corrected chi connectivity index (χ1v) is 4.94. The summed E-state index contributed by atoms with van der Waals surface area (Å²) in [5.74, 6) is -2.02. The number of nitrogens with zero attached hydrogens (tertiary/aromatic N) is 1. The van der Waals surface area contributed by atoms with E-state index in [-0.39, 0.29) is 28.7 Å². The van der Waals surface area contributed by atoms with Crippen molar-refractivity contribution >= 4 is 23.5 Å². The Morgan fingerprint density at radius 3 is 2.81 bits per heavy atom. The number of rotatable bonds is 4. The fourth-order valence-electron chi connectivity index (χ4n) is 0.981. The van der Waals surface area contributed by atoms with Crippen molar-refractivity contribution in [3.8, 4) is 5.75 Å². The van der Waals surface area contributed by atoms with Gasteiger partial charge in [0.25, 0.3) is 0 Å². The van der Waals surface area contributed by atoms with Gasteiger partial charge in [-0.3, -0.25) is 4.79 Å². The van der Waals surface area contributed by atoms with Gasteiger partial charge in [0.05, 0.1) is 12.8 Å².